The molecule has 2 aromatic heterocycles. The first-order chi connectivity index (χ1) is 15.3. The summed E-state index contributed by atoms with van der Waals surface area (Å²) in [7, 11) is 1.62. The largest absolute Gasteiger partial charge is 0.360 e. The molecule has 3 aliphatic rings. The summed E-state index contributed by atoms with van der Waals surface area (Å²) in [5.74, 6) is -0.929. The molecular formula is C28H27N2O2+. The molecule has 1 N–H and O–H groups in total. The Morgan fingerprint density at radius 2 is 1.88 bits per heavy atom. The van der Waals surface area contributed by atoms with Crippen molar-refractivity contribution in [2.75, 3.05) is 7.11 Å². The van der Waals surface area contributed by atoms with E-state index in [0.29, 0.717) is 5.92 Å². The number of methoxy groups -OCH3 is 1. The van der Waals surface area contributed by atoms with E-state index in [1.54, 1.807) is 7.11 Å². The van der Waals surface area contributed by atoms with Crippen LogP contribution in [0.2, 0.25) is 0 Å². The van der Waals surface area contributed by atoms with Crippen molar-refractivity contribution in [3.8, 4) is 11.3 Å². The van der Waals surface area contributed by atoms with Crippen LogP contribution in [0, 0.1) is 0 Å². The van der Waals surface area contributed by atoms with E-state index in [9.17, 15) is 5.11 Å². The van der Waals surface area contributed by atoms with Gasteiger partial charge in [-0.15, -0.1) is 0 Å². The third-order valence-corrected chi connectivity index (χ3v) is 8.31. The van der Waals surface area contributed by atoms with Crippen molar-refractivity contribution < 1.29 is 14.4 Å². The summed E-state index contributed by atoms with van der Waals surface area (Å²) in [6.45, 7) is 9.14. The van der Waals surface area contributed by atoms with E-state index in [1.165, 1.54) is 44.2 Å². The number of rotatable bonds is 2. The van der Waals surface area contributed by atoms with Gasteiger partial charge >= 0.3 is 0 Å². The number of benzene rings is 2. The van der Waals surface area contributed by atoms with Crippen molar-refractivity contribution in [3.63, 3.8) is 0 Å². The van der Waals surface area contributed by atoms with Gasteiger partial charge in [0.15, 0.2) is 0 Å². The summed E-state index contributed by atoms with van der Waals surface area (Å²) in [5, 5.41) is 14.1. The quantitative estimate of drug-likeness (QED) is 0.361. The fraction of sp³-hybridized carbons (Fsp3) is 0.357. The van der Waals surface area contributed by atoms with E-state index in [4.69, 9.17) is 9.72 Å². The Bertz CT molecular complexity index is 1500. The molecular weight excluding hydrogens is 396 g/mol. The van der Waals surface area contributed by atoms with E-state index in [0.717, 1.165) is 11.1 Å². The standard InChI is InChI=1S/C28H27N2O2/c1-14(2)15-8-6-11-21-16(15)12-19-25-22-17(24-26(30(21)25)28(24,31)32-5)13-29-20-10-7-9-18(23(20)22)27(19,3)4/h6-14,24,26,31H,1-5H3/q+1. The first-order valence-corrected chi connectivity index (χ1v) is 11.5. The van der Waals surface area contributed by atoms with Crippen molar-refractivity contribution in [1.29, 1.82) is 0 Å². The number of aliphatic hydroxyl groups is 1. The Morgan fingerprint density at radius 1 is 1.09 bits per heavy atom. The second kappa shape index (κ2) is 5.56. The molecule has 2 aromatic carbocycles. The molecule has 3 unspecified atom stereocenters. The van der Waals surface area contributed by atoms with Crippen LogP contribution < -0.4 is 4.57 Å². The number of hydrogen-bond acceptors (Lipinski definition) is 3. The summed E-state index contributed by atoms with van der Waals surface area (Å²) >= 11 is 0. The molecule has 1 aliphatic heterocycles. The van der Waals surface area contributed by atoms with Gasteiger partial charge in [-0.05, 0) is 29.2 Å². The molecule has 32 heavy (non-hydrogen) atoms. The average molecular weight is 424 g/mol. The van der Waals surface area contributed by atoms with Crippen molar-refractivity contribution in [2.45, 2.75) is 56.8 Å². The molecule has 1 fully saturated rings. The SMILES string of the molecule is COC1(O)C2c3cnc4cccc5c4c3-c3c(cc4c(C(C)C)cccc4[n+]3C21)C5(C)C. The van der Waals surface area contributed by atoms with Crippen LogP contribution in [-0.2, 0) is 10.2 Å². The lowest BCUT2D eigenvalue weighted by Crippen LogP contribution is -2.45. The zero-order valence-electron chi connectivity index (χ0n) is 19.1. The molecule has 3 atom stereocenters. The minimum absolute atomic E-state index is 0.118. The molecule has 1 saturated carbocycles. The lowest BCUT2D eigenvalue weighted by atomic mass is 9.68. The van der Waals surface area contributed by atoms with Gasteiger partial charge in [-0.1, -0.05) is 52.0 Å². The second-order valence-corrected chi connectivity index (χ2v) is 10.5. The predicted octanol–water partition coefficient (Wildman–Crippen LogP) is 5.09. The Hall–Kier alpha value is -2.82. The molecule has 4 heteroatoms. The van der Waals surface area contributed by atoms with Crippen molar-refractivity contribution in [1.82, 2.24) is 4.98 Å². The van der Waals surface area contributed by atoms with Crippen molar-refractivity contribution in [3.05, 3.63) is 70.9 Å². The smallest absolute Gasteiger partial charge is 0.244 e. The topological polar surface area (TPSA) is 46.2 Å². The third kappa shape index (κ3) is 1.89. The maximum absolute atomic E-state index is 11.6. The lowest BCUT2D eigenvalue weighted by molar-refractivity contribution is -0.678. The highest BCUT2D eigenvalue weighted by atomic mass is 16.6. The monoisotopic (exact) mass is 423 g/mol. The molecule has 0 radical (unpaired) electrons. The lowest BCUT2D eigenvalue weighted by Gasteiger charge is -2.35. The molecule has 4 nitrogen and oxygen atoms in total. The van der Waals surface area contributed by atoms with Gasteiger partial charge in [-0.25, -0.2) is 0 Å². The average Bonchev–Trinajstić information content (AvgIpc) is 3.42. The molecule has 0 spiro atoms. The van der Waals surface area contributed by atoms with Gasteiger partial charge in [0, 0.05) is 41.3 Å². The Balaban J connectivity index is 1.76. The normalized spacial score (nSPS) is 26.0. The maximum atomic E-state index is 11.6. The van der Waals surface area contributed by atoms with E-state index in [2.05, 4.69) is 74.7 Å². The van der Waals surface area contributed by atoms with E-state index < -0.39 is 5.79 Å². The van der Waals surface area contributed by atoms with Crippen LogP contribution in [0.3, 0.4) is 0 Å². The summed E-state index contributed by atoms with van der Waals surface area (Å²) < 4.78 is 8.16. The molecule has 160 valence electrons. The molecule has 4 aromatic rings. The first kappa shape index (κ1) is 18.7. The number of hydrogen-bond donors (Lipinski definition) is 1. The minimum Gasteiger partial charge on any atom is -0.360 e. The van der Waals surface area contributed by atoms with Crippen molar-refractivity contribution >= 4 is 21.8 Å². The van der Waals surface area contributed by atoms with Gasteiger partial charge < -0.3 is 9.84 Å². The number of nitrogens with zero attached hydrogens (tertiary/aromatic N) is 2. The third-order valence-electron chi connectivity index (χ3n) is 8.31. The van der Waals surface area contributed by atoms with Crippen LogP contribution in [0.15, 0.2) is 48.7 Å². The van der Waals surface area contributed by atoms with Crippen LogP contribution in [0.5, 0.6) is 0 Å². The molecule has 7 rings (SSSR count). The molecule has 2 aliphatic carbocycles. The van der Waals surface area contributed by atoms with Gasteiger partial charge in [-0.2, -0.15) is 4.57 Å². The van der Waals surface area contributed by atoms with Crippen molar-refractivity contribution in [2.24, 2.45) is 0 Å². The van der Waals surface area contributed by atoms with Gasteiger partial charge in [0.2, 0.25) is 23.0 Å². The fourth-order valence-electron chi connectivity index (χ4n) is 6.65. The molecule has 0 bridgehead atoms. The number of pyridine rings is 2. The van der Waals surface area contributed by atoms with Crippen LogP contribution in [0.1, 0.15) is 67.8 Å². The number of ether oxygens (including phenoxy) is 1. The van der Waals surface area contributed by atoms with Crippen LogP contribution in [0.25, 0.3) is 33.1 Å². The summed E-state index contributed by atoms with van der Waals surface area (Å²) in [5.41, 5.74) is 9.52. The predicted molar refractivity (Wildman–Crippen MR) is 125 cm³/mol. The van der Waals surface area contributed by atoms with E-state index >= 15 is 0 Å². The van der Waals surface area contributed by atoms with E-state index in [-0.39, 0.29) is 17.4 Å². The zero-order chi connectivity index (χ0) is 22.2. The fourth-order valence-corrected chi connectivity index (χ4v) is 6.65. The molecule has 3 heterocycles. The van der Waals surface area contributed by atoms with Gasteiger partial charge in [0.1, 0.15) is 5.92 Å². The minimum atomic E-state index is -1.22. The van der Waals surface area contributed by atoms with Gasteiger partial charge in [-0.3, -0.25) is 4.98 Å². The Labute approximate surface area is 187 Å². The summed E-state index contributed by atoms with van der Waals surface area (Å²) in [4.78, 5) is 4.82. The van der Waals surface area contributed by atoms with Gasteiger partial charge in [0.05, 0.1) is 16.5 Å². The zero-order valence-corrected chi connectivity index (χ0v) is 19.1. The van der Waals surface area contributed by atoms with Crippen LogP contribution in [0.4, 0.5) is 0 Å². The Morgan fingerprint density at radius 3 is 2.62 bits per heavy atom. The van der Waals surface area contributed by atoms with Crippen LogP contribution >= 0.6 is 0 Å². The number of aromatic nitrogens is 2. The molecule has 0 saturated heterocycles. The summed E-state index contributed by atoms with van der Waals surface area (Å²) in [6, 6.07) is 15.3. The highest BCUT2D eigenvalue weighted by molar-refractivity contribution is 6.03. The maximum Gasteiger partial charge on any atom is 0.244 e. The highest BCUT2D eigenvalue weighted by Crippen LogP contribution is 2.66. The number of fused-ring (bicyclic) bond motifs is 5. The summed E-state index contributed by atoms with van der Waals surface area (Å²) in [6.07, 6.45) is 1.97. The highest BCUT2D eigenvalue weighted by Gasteiger charge is 2.77. The first-order valence-electron chi connectivity index (χ1n) is 11.5. The second-order valence-electron chi connectivity index (χ2n) is 10.5. The van der Waals surface area contributed by atoms with Crippen LogP contribution in [-0.4, -0.2) is 23.0 Å². The Kier molecular flexibility index (Phi) is 3.25. The molecule has 0 amide bonds. The van der Waals surface area contributed by atoms with E-state index in [1.807, 2.05) is 6.20 Å². The van der Waals surface area contributed by atoms with Gasteiger partial charge in [0.25, 0.3) is 0 Å².